The highest BCUT2D eigenvalue weighted by atomic mass is 79.9. The van der Waals surface area contributed by atoms with Gasteiger partial charge in [-0.3, -0.25) is 5.43 Å². The minimum atomic E-state index is 0.0988. The van der Waals surface area contributed by atoms with Gasteiger partial charge in [0.15, 0.2) is 11.5 Å². The summed E-state index contributed by atoms with van der Waals surface area (Å²) in [5.74, 6) is 2.07. The Kier molecular flexibility index (Phi) is 5.90. The van der Waals surface area contributed by atoms with Gasteiger partial charge in [0.05, 0.1) is 20.3 Å². The van der Waals surface area contributed by atoms with Crippen molar-refractivity contribution >= 4 is 15.9 Å². The molecule has 2 atom stereocenters. The molecule has 140 valence electrons. The summed E-state index contributed by atoms with van der Waals surface area (Å²) in [6.45, 7) is 4.51. The SMILES string of the molecule is COc1cc2c(cc1OC)C(c1ccc(Br)cc1)N(C)NC(C(C)C)C2. The summed E-state index contributed by atoms with van der Waals surface area (Å²) in [4.78, 5) is 0. The molecule has 0 radical (unpaired) electrons. The number of benzene rings is 2. The molecular formula is C21H27BrN2O2. The molecule has 1 aliphatic heterocycles. The van der Waals surface area contributed by atoms with Crippen molar-refractivity contribution in [3.05, 3.63) is 57.6 Å². The first-order valence-corrected chi connectivity index (χ1v) is 9.73. The fourth-order valence-electron chi connectivity index (χ4n) is 3.63. The Bertz CT molecular complexity index is 761. The molecule has 1 N–H and O–H groups in total. The number of hydrogen-bond donors (Lipinski definition) is 1. The van der Waals surface area contributed by atoms with Crippen LogP contribution in [0.3, 0.4) is 0 Å². The molecule has 4 nitrogen and oxygen atoms in total. The number of halogens is 1. The normalized spacial score (nSPS) is 20.6. The number of rotatable bonds is 4. The fourth-order valence-corrected chi connectivity index (χ4v) is 3.89. The Morgan fingerprint density at radius 1 is 1.08 bits per heavy atom. The van der Waals surface area contributed by atoms with E-state index in [1.54, 1.807) is 14.2 Å². The Hall–Kier alpha value is -1.56. The molecule has 2 unspecified atom stereocenters. The third-order valence-corrected chi connectivity index (χ3v) is 5.66. The highest BCUT2D eigenvalue weighted by molar-refractivity contribution is 9.10. The van der Waals surface area contributed by atoms with Crippen LogP contribution in [0.15, 0.2) is 40.9 Å². The minimum absolute atomic E-state index is 0.0988. The van der Waals surface area contributed by atoms with E-state index in [-0.39, 0.29) is 6.04 Å². The summed E-state index contributed by atoms with van der Waals surface area (Å²) >= 11 is 3.54. The summed E-state index contributed by atoms with van der Waals surface area (Å²) in [6, 6.07) is 13.2. The largest absolute Gasteiger partial charge is 0.493 e. The summed E-state index contributed by atoms with van der Waals surface area (Å²) < 4.78 is 12.2. The zero-order valence-corrected chi connectivity index (χ0v) is 17.6. The maximum Gasteiger partial charge on any atom is 0.161 e. The lowest BCUT2D eigenvalue weighted by atomic mass is 9.90. The summed E-state index contributed by atoms with van der Waals surface area (Å²) in [5.41, 5.74) is 7.49. The third kappa shape index (κ3) is 3.75. The first-order valence-electron chi connectivity index (χ1n) is 8.93. The van der Waals surface area contributed by atoms with Crippen LogP contribution in [0.4, 0.5) is 0 Å². The summed E-state index contributed by atoms with van der Waals surface area (Å²) in [6.07, 6.45) is 0.949. The van der Waals surface area contributed by atoms with Gasteiger partial charge in [0.25, 0.3) is 0 Å². The van der Waals surface area contributed by atoms with Crippen LogP contribution in [0, 0.1) is 5.92 Å². The topological polar surface area (TPSA) is 33.7 Å². The minimum Gasteiger partial charge on any atom is -0.493 e. The second kappa shape index (κ2) is 7.99. The van der Waals surface area contributed by atoms with Crippen LogP contribution in [0.1, 0.15) is 36.6 Å². The van der Waals surface area contributed by atoms with Crippen LogP contribution in [0.2, 0.25) is 0 Å². The Morgan fingerprint density at radius 3 is 2.27 bits per heavy atom. The van der Waals surface area contributed by atoms with Gasteiger partial charge in [-0.25, -0.2) is 5.01 Å². The lowest BCUT2D eigenvalue weighted by molar-refractivity contribution is 0.147. The van der Waals surface area contributed by atoms with Crippen molar-refractivity contribution in [2.24, 2.45) is 5.92 Å². The van der Waals surface area contributed by atoms with Crippen molar-refractivity contribution in [1.29, 1.82) is 0 Å². The van der Waals surface area contributed by atoms with Crippen LogP contribution in [-0.2, 0) is 6.42 Å². The Balaban J connectivity index is 2.17. The quantitative estimate of drug-likeness (QED) is 0.787. The third-order valence-electron chi connectivity index (χ3n) is 5.13. The zero-order valence-electron chi connectivity index (χ0n) is 16.0. The fraction of sp³-hybridized carbons (Fsp3) is 0.429. The van der Waals surface area contributed by atoms with E-state index >= 15 is 0 Å². The van der Waals surface area contributed by atoms with Crippen LogP contribution in [-0.4, -0.2) is 32.3 Å². The smallest absolute Gasteiger partial charge is 0.161 e. The predicted octanol–water partition coefficient (Wildman–Crippen LogP) is 4.57. The molecule has 0 amide bonds. The molecule has 3 rings (SSSR count). The molecule has 0 bridgehead atoms. The highest BCUT2D eigenvalue weighted by Crippen LogP contribution is 2.39. The molecule has 0 spiro atoms. The lowest BCUT2D eigenvalue weighted by Crippen LogP contribution is -2.45. The number of nitrogens with one attached hydrogen (secondary N) is 1. The van der Waals surface area contributed by atoms with Gasteiger partial charge in [0.1, 0.15) is 0 Å². The predicted molar refractivity (Wildman–Crippen MR) is 109 cm³/mol. The van der Waals surface area contributed by atoms with Gasteiger partial charge < -0.3 is 9.47 Å². The van der Waals surface area contributed by atoms with Gasteiger partial charge in [-0.2, -0.15) is 0 Å². The van der Waals surface area contributed by atoms with E-state index < -0.39 is 0 Å². The number of ether oxygens (including phenoxy) is 2. The second-order valence-corrected chi connectivity index (χ2v) is 8.07. The molecule has 1 heterocycles. The van der Waals surface area contributed by atoms with Crippen molar-refractivity contribution in [2.75, 3.05) is 21.3 Å². The number of hydrogen-bond acceptors (Lipinski definition) is 4. The van der Waals surface area contributed by atoms with Gasteiger partial charge in [0, 0.05) is 17.6 Å². The molecule has 0 fully saturated rings. The van der Waals surface area contributed by atoms with Gasteiger partial charge in [-0.15, -0.1) is 0 Å². The summed E-state index contributed by atoms with van der Waals surface area (Å²) in [5, 5.41) is 2.23. The summed E-state index contributed by atoms with van der Waals surface area (Å²) in [7, 11) is 5.50. The van der Waals surface area contributed by atoms with E-state index in [4.69, 9.17) is 9.47 Å². The van der Waals surface area contributed by atoms with E-state index in [9.17, 15) is 0 Å². The molecule has 0 aromatic heterocycles. The zero-order chi connectivity index (χ0) is 18.8. The monoisotopic (exact) mass is 418 g/mol. The Labute approximate surface area is 164 Å². The van der Waals surface area contributed by atoms with Crippen molar-refractivity contribution in [1.82, 2.24) is 10.4 Å². The van der Waals surface area contributed by atoms with Crippen LogP contribution in [0.25, 0.3) is 0 Å². The number of hydrazine groups is 1. The first kappa shape index (κ1) is 19.2. The average molecular weight is 419 g/mol. The van der Waals surface area contributed by atoms with Gasteiger partial charge in [-0.1, -0.05) is 41.9 Å². The molecule has 1 aliphatic rings. The van der Waals surface area contributed by atoms with E-state index in [0.717, 1.165) is 22.4 Å². The molecule has 5 heteroatoms. The van der Waals surface area contributed by atoms with E-state index in [0.29, 0.717) is 12.0 Å². The second-order valence-electron chi connectivity index (χ2n) is 7.15. The lowest BCUT2D eigenvalue weighted by Gasteiger charge is -2.31. The van der Waals surface area contributed by atoms with Crippen LogP contribution in [0.5, 0.6) is 11.5 Å². The van der Waals surface area contributed by atoms with Crippen molar-refractivity contribution in [2.45, 2.75) is 32.4 Å². The molecule has 0 aliphatic carbocycles. The van der Waals surface area contributed by atoms with Crippen molar-refractivity contribution in [3.8, 4) is 11.5 Å². The van der Waals surface area contributed by atoms with Gasteiger partial charge in [-0.05, 0) is 53.3 Å². The molecule has 2 aromatic rings. The van der Waals surface area contributed by atoms with Gasteiger partial charge in [0.2, 0.25) is 0 Å². The van der Waals surface area contributed by atoms with Crippen LogP contribution < -0.4 is 14.9 Å². The molecule has 26 heavy (non-hydrogen) atoms. The first-order chi connectivity index (χ1) is 12.4. The van der Waals surface area contributed by atoms with Crippen molar-refractivity contribution < 1.29 is 9.47 Å². The van der Waals surface area contributed by atoms with Crippen LogP contribution >= 0.6 is 15.9 Å². The molecule has 2 aromatic carbocycles. The molecule has 0 saturated carbocycles. The number of fused-ring (bicyclic) bond motifs is 1. The number of methoxy groups -OCH3 is 2. The van der Waals surface area contributed by atoms with E-state index in [2.05, 4.69) is 83.7 Å². The highest BCUT2D eigenvalue weighted by Gasteiger charge is 2.31. The van der Waals surface area contributed by atoms with E-state index in [1.165, 1.54) is 16.7 Å². The molecular weight excluding hydrogens is 392 g/mol. The molecule has 0 saturated heterocycles. The maximum atomic E-state index is 5.58. The van der Waals surface area contributed by atoms with Crippen molar-refractivity contribution in [3.63, 3.8) is 0 Å². The van der Waals surface area contributed by atoms with Gasteiger partial charge >= 0.3 is 0 Å². The van der Waals surface area contributed by atoms with E-state index in [1.807, 2.05) is 0 Å². The number of nitrogens with zero attached hydrogens (tertiary/aromatic N) is 1. The standard InChI is InChI=1S/C21H27BrN2O2/c1-13(2)18-10-15-11-19(25-4)20(26-5)12-17(15)21(24(3)23-18)14-6-8-16(22)9-7-14/h6-9,11-13,18,21,23H,10H2,1-5H3. The Morgan fingerprint density at radius 2 is 1.69 bits per heavy atom. The maximum absolute atomic E-state index is 5.58. The average Bonchev–Trinajstić information content (AvgIpc) is 2.77.